The Morgan fingerprint density at radius 3 is 2.88 bits per heavy atom. The van der Waals surface area contributed by atoms with E-state index in [-0.39, 0.29) is 11.8 Å². The van der Waals surface area contributed by atoms with Crippen LogP contribution in [0.25, 0.3) is 0 Å². The van der Waals surface area contributed by atoms with Gasteiger partial charge in [0.25, 0.3) is 0 Å². The van der Waals surface area contributed by atoms with E-state index in [0.29, 0.717) is 25.3 Å². The van der Waals surface area contributed by atoms with Crippen LogP contribution in [0.15, 0.2) is 0 Å². The van der Waals surface area contributed by atoms with Gasteiger partial charge in [-0.15, -0.1) is 0 Å². The Labute approximate surface area is 105 Å². The Bertz CT molecular complexity index is 285. The van der Waals surface area contributed by atoms with Gasteiger partial charge in [0.1, 0.15) is 6.04 Å². The van der Waals surface area contributed by atoms with Gasteiger partial charge in [0.2, 0.25) is 5.91 Å². The number of hydrogen-bond acceptors (Lipinski definition) is 4. The molecule has 1 rings (SSSR count). The minimum Gasteiger partial charge on any atom is -0.480 e. The summed E-state index contributed by atoms with van der Waals surface area (Å²) in [6.07, 6.45) is 0.349. The van der Waals surface area contributed by atoms with E-state index in [1.54, 1.807) is 18.9 Å². The monoisotopic (exact) mass is 261 g/mol. The molecule has 0 bridgehead atoms. The first-order chi connectivity index (χ1) is 8.06. The van der Waals surface area contributed by atoms with Gasteiger partial charge in [0, 0.05) is 38.2 Å². The summed E-state index contributed by atoms with van der Waals surface area (Å²) in [4.78, 5) is 24.5. The Hall–Kier alpha value is -0.750. The molecule has 1 aliphatic heterocycles. The fourth-order valence-corrected chi connectivity index (χ4v) is 2.90. The molecular weight excluding hydrogens is 242 g/mol. The molecular formula is C11H19NO4S. The molecule has 1 fully saturated rings. The number of carbonyl (C=O) groups excluding carboxylic acids is 1. The van der Waals surface area contributed by atoms with Gasteiger partial charge in [-0.3, -0.25) is 4.79 Å². The first-order valence-electron chi connectivity index (χ1n) is 5.65. The molecule has 6 heteroatoms. The molecule has 0 aromatic carbocycles. The fraction of sp³-hybridized carbons (Fsp3) is 0.818. The molecule has 5 nitrogen and oxygen atoms in total. The van der Waals surface area contributed by atoms with Crippen LogP contribution in [0.3, 0.4) is 0 Å². The zero-order chi connectivity index (χ0) is 12.8. The normalized spacial score (nSPS) is 22.2. The number of carbonyl (C=O) groups is 2. The van der Waals surface area contributed by atoms with Gasteiger partial charge < -0.3 is 14.7 Å². The first kappa shape index (κ1) is 14.3. The number of carboxylic acid groups (broad SMARTS) is 1. The second kappa shape index (κ2) is 6.86. The Kier molecular flexibility index (Phi) is 5.77. The number of amides is 1. The minimum atomic E-state index is -0.912. The predicted octanol–water partition coefficient (Wildman–Crippen LogP) is 0.688. The fourth-order valence-electron chi connectivity index (χ4n) is 1.87. The van der Waals surface area contributed by atoms with Crippen LogP contribution in [0.4, 0.5) is 0 Å². The number of rotatable bonds is 5. The summed E-state index contributed by atoms with van der Waals surface area (Å²) in [5, 5.41) is 9.06. The number of thioether (sulfide) groups is 1. The summed E-state index contributed by atoms with van der Waals surface area (Å²) in [6.45, 7) is 2.97. The smallest absolute Gasteiger partial charge is 0.327 e. The molecule has 1 N–H and O–H groups in total. The molecule has 1 saturated heterocycles. The zero-order valence-corrected chi connectivity index (χ0v) is 11.0. The summed E-state index contributed by atoms with van der Waals surface area (Å²) in [6, 6.07) is -0.670. The van der Waals surface area contributed by atoms with E-state index in [4.69, 9.17) is 9.84 Å². The van der Waals surface area contributed by atoms with E-state index in [2.05, 4.69) is 0 Å². The molecule has 98 valence electrons. The number of nitrogens with zero attached hydrogens (tertiary/aromatic N) is 1. The Morgan fingerprint density at radius 2 is 2.29 bits per heavy atom. The van der Waals surface area contributed by atoms with Crippen LogP contribution in [0.5, 0.6) is 0 Å². The van der Waals surface area contributed by atoms with Crippen LogP contribution in [0.2, 0.25) is 0 Å². The molecule has 1 amide bonds. The van der Waals surface area contributed by atoms with E-state index in [9.17, 15) is 9.59 Å². The average molecular weight is 261 g/mol. The van der Waals surface area contributed by atoms with E-state index in [0.717, 1.165) is 5.75 Å². The number of methoxy groups -OCH3 is 1. The minimum absolute atomic E-state index is 0.0812. The van der Waals surface area contributed by atoms with Crippen LogP contribution in [-0.2, 0) is 14.3 Å². The summed E-state index contributed by atoms with van der Waals surface area (Å²) >= 11 is 1.58. The molecule has 0 aliphatic carbocycles. The van der Waals surface area contributed by atoms with Crippen molar-refractivity contribution < 1.29 is 19.4 Å². The quantitative estimate of drug-likeness (QED) is 0.788. The first-order valence-corrected chi connectivity index (χ1v) is 6.80. The third kappa shape index (κ3) is 4.20. The Balaban J connectivity index is 2.56. The van der Waals surface area contributed by atoms with Crippen molar-refractivity contribution in [2.24, 2.45) is 5.92 Å². The third-order valence-corrected chi connectivity index (χ3v) is 3.73. The van der Waals surface area contributed by atoms with Gasteiger partial charge in [-0.05, 0) is 5.92 Å². The van der Waals surface area contributed by atoms with Crippen molar-refractivity contribution >= 4 is 23.6 Å². The molecule has 1 heterocycles. The molecule has 1 aliphatic rings. The van der Waals surface area contributed by atoms with Gasteiger partial charge in [0.15, 0.2) is 0 Å². The average Bonchev–Trinajstić information content (AvgIpc) is 2.29. The molecule has 0 aromatic heterocycles. The molecule has 0 saturated carbocycles. The summed E-state index contributed by atoms with van der Waals surface area (Å²) in [7, 11) is 1.60. The summed E-state index contributed by atoms with van der Waals surface area (Å²) in [5.74, 6) is 0.428. The SMILES string of the molecule is COCC(C)CC(=O)N1CCSCC1C(=O)O. The highest BCUT2D eigenvalue weighted by atomic mass is 32.2. The van der Waals surface area contributed by atoms with E-state index in [1.807, 2.05) is 6.92 Å². The standard InChI is InChI=1S/C11H19NO4S/c1-8(6-16-2)5-10(13)12-3-4-17-7-9(12)11(14)15/h8-9H,3-7H2,1-2H3,(H,14,15). The van der Waals surface area contributed by atoms with Crippen molar-refractivity contribution in [3.05, 3.63) is 0 Å². The van der Waals surface area contributed by atoms with Gasteiger partial charge in [0.05, 0.1) is 0 Å². The molecule has 17 heavy (non-hydrogen) atoms. The third-order valence-electron chi connectivity index (χ3n) is 2.71. The Morgan fingerprint density at radius 1 is 1.59 bits per heavy atom. The number of aliphatic carboxylic acids is 1. The van der Waals surface area contributed by atoms with E-state index >= 15 is 0 Å². The zero-order valence-electron chi connectivity index (χ0n) is 10.2. The largest absolute Gasteiger partial charge is 0.480 e. The van der Waals surface area contributed by atoms with Crippen molar-refractivity contribution in [1.29, 1.82) is 0 Å². The van der Waals surface area contributed by atoms with Crippen LogP contribution in [0.1, 0.15) is 13.3 Å². The molecule has 0 aromatic rings. The lowest BCUT2D eigenvalue weighted by molar-refractivity contribution is -0.149. The lowest BCUT2D eigenvalue weighted by atomic mass is 10.1. The van der Waals surface area contributed by atoms with Crippen molar-refractivity contribution in [3.8, 4) is 0 Å². The highest BCUT2D eigenvalue weighted by molar-refractivity contribution is 7.99. The maximum atomic E-state index is 12.0. The number of ether oxygens (including phenoxy) is 1. The number of hydrogen-bond donors (Lipinski definition) is 1. The van der Waals surface area contributed by atoms with Gasteiger partial charge >= 0.3 is 5.97 Å². The van der Waals surface area contributed by atoms with Crippen LogP contribution < -0.4 is 0 Å². The summed E-state index contributed by atoms with van der Waals surface area (Å²) < 4.78 is 4.97. The molecule has 0 spiro atoms. The van der Waals surface area contributed by atoms with Gasteiger partial charge in [-0.2, -0.15) is 11.8 Å². The maximum Gasteiger partial charge on any atom is 0.327 e. The van der Waals surface area contributed by atoms with E-state index < -0.39 is 12.0 Å². The highest BCUT2D eigenvalue weighted by Crippen LogP contribution is 2.19. The van der Waals surface area contributed by atoms with Crippen LogP contribution in [0, 0.1) is 5.92 Å². The predicted molar refractivity (Wildman–Crippen MR) is 66.1 cm³/mol. The molecule has 0 radical (unpaired) electrons. The second-order valence-corrected chi connectivity index (χ2v) is 5.43. The van der Waals surface area contributed by atoms with Crippen LogP contribution in [-0.4, -0.2) is 59.7 Å². The van der Waals surface area contributed by atoms with Crippen molar-refractivity contribution in [2.45, 2.75) is 19.4 Å². The summed E-state index contributed by atoms with van der Waals surface area (Å²) in [5.41, 5.74) is 0. The molecule has 2 atom stereocenters. The van der Waals surface area contributed by atoms with E-state index in [1.165, 1.54) is 4.90 Å². The van der Waals surface area contributed by atoms with Crippen molar-refractivity contribution in [1.82, 2.24) is 4.90 Å². The second-order valence-electron chi connectivity index (χ2n) is 4.28. The van der Waals surface area contributed by atoms with Crippen molar-refractivity contribution in [2.75, 3.05) is 31.8 Å². The van der Waals surface area contributed by atoms with Gasteiger partial charge in [-0.1, -0.05) is 6.92 Å². The van der Waals surface area contributed by atoms with Crippen LogP contribution >= 0.6 is 11.8 Å². The van der Waals surface area contributed by atoms with Gasteiger partial charge in [-0.25, -0.2) is 4.79 Å². The molecule has 2 unspecified atom stereocenters. The number of carboxylic acids is 1. The lowest BCUT2D eigenvalue weighted by Gasteiger charge is -2.33. The highest BCUT2D eigenvalue weighted by Gasteiger charge is 2.32. The maximum absolute atomic E-state index is 12.0. The topological polar surface area (TPSA) is 66.8 Å². The van der Waals surface area contributed by atoms with Crippen molar-refractivity contribution in [3.63, 3.8) is 0 Å². The lowest BCUT2D eigenvalue weighted by Crippen LogP contribution is -2.50.